The highest BCUT2D eigenvalue weighted by molar-refractivity contribution is 7.13. The highest BCUT2D eigenvalue weighted by Gasteiger charge is 2.13. The van der Waals surface area contributed by atoms with Crippen molar-refractivity contribution in [1.82, 2.24) is 14.9 Å². The van der Waals surface area contributed by atoms with Crippen molar-refractivity contribution in [1.29, 1.82) is 0 Å². The normalized spacial score (nSPS) is 10.2. The lowest BCUT2D eigenvalue weighted by atomic mass is 10.3. The molecule has 0 saturated heterocycles. The molecule has 0 fully saturated rings. The molecule has 0 N–H and O–H groups in total. The largest absolute Gasteiger partial charge is 0.349 e. The lowest BCUT2D eigenvalue weighted by Gasteiger charge is -2.21. The molecule has 0 radical (unpaired) electrons. The average molecular weight is 276 g/mol. The fourth-order valence-corrected chi connectivity index (χ4v) is 2.22. The van der Waals surface area contributed by atoms with Gasteiger partial charge in [0.1, 0.15) is 5.69 Å². The van der Waals surface area contributed by atoms with Crippen LogP contribution in [0.4, 0.5) is 5.13 Å². The maximum absolute atomic E-state index is 12.1. The van der Waals surface area contributed by atoms with Crippen LogP contribution < -0.4 is 4.90 Å². The molecule has 0 bridgehead atoms. The number of hydrogen-bond acceptors (Lipinski definition) is 5. The fraction of sp³-hybridized carbons (Fsp3) is 0.308. The number of amides is 1. The van der Waals surface area contributed by atoms with Gasteiger partial charge in [0.15, 0.2) is 5.13 Å². The van der Waals surface area contributed by atoms with Gasteiger partial charge < -0.3 is 9.80 Å². The maximum atomic E-state index is 12.1. The van der Waals surface area contributed by atoms with Crippen molar-refractivity contribution in [2.45, 2.75) is 0 Å². The lowest BCUT2D eigenvalue weighted by Crippen LogP contribution is -2.35. The molecule has 0 aliphatic heterocycles. The summed E-state index contributed by atoms with van der Waals surface area (Å²) in [7, 11) is 3.75. The van der Waals surface area contributed by atoms with Crippen LogP contribution in [0.1, 0.15) is 10.5 Å². The van der Waals surface area contributed by atoms with Gasteiger partial charge in [-0.2, -0.15) is 0 Å². The van der Waals surface area contributed by atoms with Crippen LogP contribution in [0, 0.1) is 0 Å². The van der Waals surface area contributed by atoms with Crippen molar-refractivity contribution in [2.75, 3.05) is 32.1 Å². The van der Waals surface area contributed by atoms with Crippen LogP contribution in [0.2, 0.25) is 0 Å². The van der Waals surface area contributed by atoms with Crippen molar-refractivity contribution >= 4 is 22.4 Å². The first kappa shape index (κ1) is 13.5. The summed E-state index contributed by atoms with van der Waals surface area (Å²) in [6, 6.07) is 5.34. The molecule has 2 aromatic heterocycles. The van der Waals surface area contributed by atoms with E-state index < -0.39 is 0 Å². The molecular weight excluding hydrogens is 260 g/mol. The average Bonchev–Trinajstić information content (AvgIpc) is 2.98. The smallest absolute Gasteiger partial charge is 0.272 e. The van der Waals surface area contributed by atoms with Gasteiger partial charge in [-0.25, -0.2) is 4.98 Å². The standard InChI is InChI=1S/C13H16N4OS/c1-16(12(18)11-5-3-4-6-14-11)8-9-17(2)13-15-7-10-19-13/h3-7,10H,8-9H2,1-2H3. The van der Waals surface area contributed by atoms with Crippen molar-refractivity contribution < 1.29 is 4.79 Å². The van der Waals surface area contributed by atoms with Gasteiger partial charge in [-0.15, -0.1) is 11.3 Å². The SMILES string of the molecule is CN(CCN(C)c1nccs1)C(=O)c1ccccn1. The molecule has 1 amide bonds. The fourth-order valence-electron chi connectivity index (χ4n) is 1.59. The Morgan fingerprint density at radius 3 is 2.68 bits per heavy atom. The van der Waals surface area contributed by atoms with E-state index >= 15 is 0 Å². The number of aromatic nitrogens is 2. The molecule has 0 spiro atoms. The number of anilines is 1. The zero-order valence-corrected chi connectivity index (χ0v) is 11.8. The first-order valence-corrected chi connectivity index (χ1v) is 6.83. The van der Waals surface area contributed by atoms with Crippen molar-refractivity contribution in [3.63, 3.8) is 0 Å². The molecule has 0 saturated carbocycles. The Kier molecular flexibility index (Phi) is 4.46. The van der Waals surface area contributed by atoms with Gasteiger partial charge in [0, 0.05) is 45.0 Å². The Morgan fingerprint density at radius 2 is 2.05 bits per heavy atom. The van der Waals surface area contributed by atoms with E-state index in [1.807, 2.05) is 23.4 Å². The number of nitrogens with zero attached hydrogens (tertiary/aromatic N) is 4. The van der Waals surface area contributed by atoms with Gasteiger partial charge in [0.25, 0.3) is 5.91 Å². The van der Waals surface area contributed by atoms with Crippen LogP contribution in [0.5, 0.6) is 0 Å². The summed E-state index contributed by atoms with van der Waals surface area (Å²) in [6.45, 7) is 1.37. The van der Waals surface area contributed by atoms with E-state index in [1.54, 1.807) is 47.8 Å². The Bertz CT molecular complexity index is 515. The second-order valence-electron chi connectivity index (χ2n) is 4.18. The van der Waals surface area contributed by atoms with Crippen LogP contribution in [0.15, 0.2) is 36.0 Å². The quantitative estimate of drug-likeness (QED) is 0.835. The first-order valence-electron chi connectivity index (χ1n) is 5.95. The van der Waals surface area contributed by atoms with E-state index in [1.165, 1.54) is 0 Å². The van der Waals surface area contributed by atoms with E-state index in [0.717, 1.165) is 11.7 Å². The minimum atomic E-state index is -0.0619. The molecule has 0 aromatic carbocycles. The predicted octanol–water partition coefficient (Wildman–Crippen LogP) is 1.75. The number of likely N-dealkylation sites (N-methyl/N-ethyl adjacent to an activating group) is 2. The molecule has 2 rings (SSSR count). The number of carbonyl (C=O) groups is 1. The third-order valence-electron chi connectivity index (χ3n) is 2.75. The molecule has 0 aliphatic rings. The Labute approximate surface area is 116 Å². The number of thiazole rings is 1. The summed E-state index contributed by atoms with van der Waals surface area (Å²) in [5, 5.41) is 2.90. The van der Waals surface area contributed by atoms with E-state index in [-0.39, 0.29) is 5.91 Å². The Balaban J connectivity index is 1.88. The summed E-state index contributed by atoms with van der Waals surface area (Å²) in [4.78, 5) is 24.1. The summed E-state index contributed by atoms with van der Waals surface area (Å²) >= 11 is 1.59. The van der Waals surface area contributed by atoms with E-state index in [9.17, 15) is 4.79 Å². The van der Waals surface area contributed by atoms with Gasteiger partial charge >= 0.3 is 0 Å². The third kappa shape index (κ3) is 3.51. The Morgan fingerprint density at radius 1 is 1.21 bits per heavy atom. The molecule has 0 aliphatic carbocycles. The van der Waals surface area contributed by atoms with E-state index in [4.69, 9.17) is 0 Å². The summed E-state index contributed by atoms with van der Waals surface area (Å²) < 4.78 is 0. The van der Waals surface area contributed by atoms with Gasteiger partial charge in [-0.1, -0.05) is 6.07 Å². The first-order chi connectivity index (χ1) is 9.18. The summed E-state index contributed by atoms with van der Waals surface area (Å²) in [5.74, 6) is -0.0619. The van der Waals surface area contributed by atoms with Crippen LogP contribution in [-0.4, -0.2) is 48.0 Å². The molecule has 19 heavy (non-hydrogen) atoms. The van der Waals surface area contributed by atoms with Gasteiger partial charge in [0.05, 0.1) is 0 Å². The molecule has 5 nitrogen and oxygen atoms in total. The summed E-state index contributed by atoms with van der Waals surface area (Å²) in [5.41, 5.74) is 0.474. The van der Waals surface area contributed by atoms with Gasteiger partial charge in [0.2, 0.25) is 0 Å². The molecular formula is C13H16N4OS. The summed E-state index contributed by atoms with van der Waals surface area (Å²) in [6.07, 6.45) is 3.40. The van der Waals surface area contributed by atoms with Gasteiger partial charge in [-0.3, -0.25) is 9.78 Å². The van der Waals surface area contributed by atoms with Gasteiger partial charge in [-0.05, 0) is 12.1 Å². The van der Waals surface area contributed by atoms with Crippen molar-refractivity contribution in [3.8, 4) is 0 Å². The van der Waals surface area contributed by atoms with E-state index in [2.05, 4.69) is 9.97 Å². The van der Waals surface area contributed by atoms with Crippen LogP contribution in [0.25, 0.3) is 0 Å². The second kappa shape index (κ2) is 6.29. The monoisotopic (exact) mass is 276 g/mol. The maximum Gasteiger partial charge on any atom is 0.272 e. The van der Waals surface area contributed by atoms with Crippen LogP contribution >= 0.6 is 11.3 Å². The van der Waals surface area contributed by atoms with E-state index in [0.29, 0.717) is 12.2 Å². The van der Waals surface area contributed by atoms with Crippen molar-refractivity contribution in [3.05, 3.63) is 41.7 Å². The molecule has 6 heteroatoms. The topological polar surface area (TPSA) is 49.3 Å². The Hall–Kier alpha value is -1.95. The minimum absolute atomic E-state index is 0.0619. The molecule has 100 valence electrons. The number of rotatable bonds is 5. The highest BCUT2D eigenvalue weighted by Crippen LogP contribution is 2.14. The van der Waals surface area contributed by atoms with Crippen LogP contribution in [0.3, 0.4) is 0 Å². The molecule has 0 unspecified atom stereocenters. The molecule has 2 heterocycles. The lowest BCUT2D eigenvalue weighted by molar-refractivity contribution is 0.0793. The van der Waals surface area contributed by atoms with Crippen LogP contribution in [-0.2, 0) is 0 Å². The minimum Gasteiger partial charge on any atom is -0.349 e. The third-order valence-corrected chi connectivity index (χ3v) is 3.63. The number of carbonyl (C=O) groups excluding carboxylic acids is 1. The number of hydrogen-bond donors (Lipinski definition) is 0. The number of pyridine rings is 1. The zero-order valence-electron chi connectivity index (χ0n) is 11.0. The predicted molar refractivity (Wildman–Crippen MR) is 76.6 cm³/mol. The second-order valence-corrected chi connectivity index (χ2v) is 5.05. The van der Waals surface area contributed by atoms with Crippen molar-refractivity contribution in [2.24, 2.45) is 0 Å². The molecule has 0 atom stereocenters. The molecule has 2 aromatic rings. The highest BCUT2D eigenvalue weighted by atomic mass is 32.1. The zero-order chi connectivity index (χ0) is 13.7.